The second-order valence-corrected chi connectivity index (χ2v) is 13.3. The molecular formula is C38H53N5O5. The first-order valence-electron chi connectivity index (χ1n) is 16.9. The van der Waals surface area contributed by atoms with Gasteiger partial charge in [0.2, 0.25) is 0 Å². The Morgan fingerprint density at radius 2 is 1.79 bits per heavy atom. The molecule has 4 rings (SSSR count). The summed E-state index contributed by atoms with van der Waals surface area (Å²) in [4.78, 5) is 33.0. The summed E-state index contributed by atoms with van der Waals surface area (Å²) in [5.41, 5.74) is 10.1. The molecule has 10 nitrogen and oxygen atoms in total. The maximum absolute atomic E-state index is 14.2. The van der Waals surface area contributed by atoms with E-state index in [1.54, 1.807) is 17.0 Å². The Morgan fingerprint density at radius 1 is 1.06 bits per heavy atom. The largest absolute Gasteiger partial charge is 0.490 e. The Labute approximate surface area is 285 Å². The van der Waals surface area contributed by atoms with Gasteiger partial charge in [0, 0.05) is 57.5 Å². The third-order valence-electron chi connectivity index (χ3n) is 8.92. The molecule has 0 unspecified atom stereocenters. The second kappa shape index (κ2) is 17.3. The van der Waals surface area contributed by atoms with E-state index in [-0.39, 0.29) is 36.5 Å². The van der Waals surface area contributed by atoms with E-state index < -0.39 is 6.04 Å². The number of rotatable bonds is 9. The summed E-state index contributed by atoms with van der Waals surface area (Å²) in [5, 5.41) is 13.1. The van der Waals surface area contributed by atoms with Crippen LogP contribution in [0.15, 0.2) is 66.7 Å². The first-order chi connectivity index (χ1) is 23.0. The average molecular weight is 660 g/mol. The van der Waals surface area contributed by atoms with Crippen LogP contribution in [0.3, 0.4) is 0 Å². The number of nitrogens with one attached hydrogen (secondary N) is 1. The van der Waals surface area contributed by atoms with E-state index in [1.807, 2.05) is 87.4 Å². The van der Waals surface area contributed by atoms with Gasteiger partial charge in [0.25, 0.3) is 11.8 Å². The van der Waals surface area contributed by atoms with E-state index >= 15 is 0 Å². The van der Waals surface area contributed by atoms with E-state index in [2.05, 4.69) is 24.2 Å². The molecule has 3 aromatic rings. The molecule has 0 spiro atoms. The molecule has 48 heavy (non-hydrogen) atoms. The van der Waals surface area contributed by atoms with Crippen molar-refractivity contribution < 1.29 is 24.2 Å². The molecule has 0 saturated heterocycles. The fourth-order valence-electron chi connectivity index (χ4n) is 5.90. The number of para-hydroxylation sites is 2. The predicted octanol–water partition coefficient (Wildman–Crippen LogP) is 5.51. The predicted molar refractivity (Wildman–Crippen MR) is 193 cm³/mol. The number of carbonyl (C=O) groups is 2. The molecule has 0 saturated carbocycles. The van der Waals surface area contributed by atoms with Gasteiger partial charge in [-0.2, -0.15) is 0 Å². The molecular weight excluding hydrogens is 606 g/mol. The summed E-state index contributed by atoms with van der Waals surface area (Å²) in [6.45, 7) is 8.18. The number of fused-ring (bicyclic) bond motifs is 1. The van der Waals surface area contributed by atoms with Gasteiger partial charge in [0.05, 0.1) is 41.8 Å². The van der Waals surface area contributed by atoms with Gasteiger partial charge in [-0.05, 0) is 88.2 Å². The highest BCUT2D eigenvalue weighted by Gasteiger charge is 2.30. The van der Waals surface area contributed by atoms with Crippen LogP contribution in [-0.2, 0) is 11.3 Å². The number of benzene rings is 3. The fourth-order valence-corrected chi connectivity index (χ4v) is 5.90. The van der Waals surface area contributed by atoms with Crippen LogP contribution in [0.25, 0.3) is 0 Å². The molecule has 1 aliphatic heterocycles. The van der Waals surface area contributed by atoms with Gasteiger partial charge >= 0.3 is 0 Å². The maximum Gasteiger partial charge on any atom is 0.258 e. The number of aliphatic hydroxyl groups excluding tert-OH is 1. The summed E-state index contributed by atoms with van der Waals surface area (Å²) in [6, 6.07) is 20.1. The van der Waals surface area contributed by atoms with Crippen molar-refractivity contribution in [1.82, 2.24) is 9.80 Å². The van der Waals surface area contributed by atoms with Crippen LogP contribution in [0.2, 0.25) is 0 Å². The zero-order chi connectivity index (χ0) is 34.8. The van der Waals surface area contributed by atoms with Gasteiger partial charge in [-0.3, -0.25) is 14.5 Å². The minimum atomic E-state index is -0.395. The quantitative estimate of drug-likeness (QED) is 0.257. The molecule has 4 atom stereocenters. The number of hydrogen-bond donors (Lipinski definition) is 3. The van der Waals surface area contributed by atoms with E-state index in [9.17, 15) is 14.7 Å². The van der Waals surface area contributed by atoms with Crippen molar-refractivity contribution in [2.75, 3.05) is 63.4 Å². The first-order valence-corrected chi connectivity index (χ1v) is 16.9. The molecule has 2 amide bonds. The van der Waals surface area contributed by atoms with Crippen molar-refractivity contribution in [2.24, 2.45) is 5.92 Å². The van der Waals surface area contributed by atoms with Crippen molar-refractivity contribution in [2.45, 2.75) is 64.8 Å². The topological polar surface area (TPSA) is 121 Å². The van der Waals surface area contributed by atoms with E-state index in [0.29, 0.717) is 54.5 Å². The van der Waals surface area contributed by atoms with Gasteiger partial charge in [0.1, 0.15) is 5.75 Å². The lowest BCUT2D eigenvalue weighted by molar-refractivity contribution is -0.0177. The van der Waals surface area contributed by atoms with E-state index in [1.165, 1.54) is 0 Å². The number of nitrogens with zero attached hydrogens (tertiary/aromatic N) is 3. The first kappa shape index (κ1) is 36.7. The van der Waals surface area contributed by atoms with Crippen LogP contribution in [0.1, 0.15) is 66.3 Å². The molecule has 3 aromatic carbocycles. The Hall–Kier alpha value is -4.12. The summed E-state index contributed by atoms with van der Waals surface area (Å²) in [7, 11) is 5.94. The molecule has 0 radical (unpaired) electrons. The number of nitrogen functional groups attached to an aromatic ring is 1. The van der Waals surface area contributed by atoms with Gasteiger partial charge in [-0.1, -0.05) is 31.2 Å². The van der Waals surface area contributed by atoms with Crippen molar-refractivity contribution in [3.63, 3.8) is 0 Å². The summed E-state index contributed by atoms with van der Waals surface area (Å²) < 4.78 is 12.8. The fraction of sp³-hybridized carbons (Fsp3) is 0.474. The Morgan fingerprint density at radius 3 is 2.48 bits per heavy atom. The number of aliphatic hydroxyl groups is 1. The maximum atomic E-state index is 14.2. The Bertz CT molecular complexity index is 1500. The van der Waals surface area contributed by atoms with Crippen LogP contribution < -0.4 is 20.7 Å². The number of anilines is 3. The monoisotopic (exact) mass is 659 g/mol. The highest BCUT2D eigenvalue weighted by atomic mass is 16.5. The van der Waals surface area contributed by atoms with Gasteiger partial charge < -0.3 is 35.4 Å². The third kappa shape index (κ3) is 9.95. The van der Waals surface area contributed by atoms with Gasteiger partial charge in [-0.15, -0.1) is 0 Å². The second-order valence-electron chi connectivity index (χ2n) is 13.3. The summed E-state index contributed by atoms with van der Waals surface area (Å²) in [5.74, 6) is 0.161. The lowest BCUT2D eigenvalue weighted by Gasteiger charge is -2.36. The Kier molecular flexibility index (Phi) is 13.3. The van der Waals surface area contributed by atoms with Crippen LogP contribution in [0.4, 0.5) is 17.1 Å². The van der Waals surface area contributed by atoms with Crippen molar-refractivity contribution in [3.05, 3.63) is 83.4 Å². The zero-order valence-electron chi connectivity index (χ0n) is 29.3. The highest BCUT2D eigenvalue weighted by Crippen LogP contribution is 2.29. The van der Waals surface area contributed by atoms with Gasteiger partial charge in [0.15, 0.2) is 0 Å². The smallest absolute Gasteiger partial charge is 0.258 e. The SMILES string of the molecule is C[C@@H]1CCCCO[C@H](CN(C)Cc2ccc(C(=O)Nc3ccccc3N)cc2)[C@H](C)CN([C@H](C)CO)C(=O)c2cc(N(C)C)ccc2O1. The lowest BCUT2D eigenvalue weighted by Crippen LogP contribution is -2.47. The normalized spacial score (nSPS) is 20.0. The number of ether oxygens (including phenoxy) is 2. The van der Waals surface area contributed by atoms with Crippen molar-refractivity contribution in [3.8, 4) is 5.75 Å². The molecule has 1 heterocycles. The summed E-state index contributed by atoms with van der Waals surface area (Å²) >= 11 is 0. The molecule has 0 fully saturated rings. The molecule has 10 heteroatoms. The van der Waals surface area contributed by atoms with Crippen LogP contribution in [-0.4, -0.2) is 92.4 Å². The Balaban J connectivity index is 1.49. The van der Waals surface area contributed by atoms with E-state index in [0.717, 1.165) is 30.5 Å². The molecule has 0 bridgehead atoms. The number of amides is 2. The van der Waals surface area contributed by atoms with Crippen LogP contribution >= 0.6 is 0 Å². The number of likely N-dealkylation sites (N-methyl/N-ethyl adjacent to an activating group) is 1. The van der Waals surface area contributed by atoms with Crippen LogP contribution in [0.5, 0.6) is 5.75 Å². The summed E-state index contributed by atoms with van der Waals surface area (Å²) in [6.07, 6.45) is 2.48. The molecule has 0 aliphatic carbocycles. The van der Waals surface area contributed by atoms with E-state index in [4.69, 9.17) is 15.2 Å². The average Bonchev–Trinajstić information content (AvgIpc) is 3.06. The zero-order valence-corrected chi connectivity index (χ0v) is 29.3. The minimum absolute atomic E-state index is 0.0230. The number of carbonyl (C=O) groups excluding carboxylic acids is 2. The molecule has 260 valence electrons. The molecule has 0 aromatic heterocycles. The third-order valence-corrected chi connectivity index (χ3v) is 8.92. The lowest BCUT2D eigenvalue weighted by atomic mass is 10.0. The standard InChI is InChI=1S/C38H53N5O5/c1-26-22-43(27(2)25-44)38(46)32-21-31(41(4)5)18-19-35(32)48-28(3)11-9-10-20-47-36(26)24-42(6)23-29-14-16-30(17-15-29)37(45)40-34-13-8-7-12-33(34)39/h7-8,12-19,21,26-28,36,44H,9-11,20,22-25,39H2,1-6H3,(H,40,45)/t26-,27-,28-,36-/m1/s1. The minimum Gasteiger partial charge on any atom is -0.490 e. The highest BCUT2D eigenvalue weighted by molar-refractivity contribution is 6.05. The van der Waals surface area contributed by atoms with Crippen molar-refractivity contribution in [1.29, 1.82) is 0 Å². The number of nitrogens with two attached hydrogens (primary N) is 1. The van der Waals surface area contributed by atoms with Crippen molar-refractivity contribution >= 4 is 28.9 Å². The molecule has 4 N–H and O–H groups in total. The van der Waals surface area contributed by atoms with Gasteiger partial charge in [-0.25, -0.2) is 0 Å². The van der Waals surface area contributed by atoms with Crippen LogP contribution in [0, 0.1) is 5.92 Å². The molecule has 1 aliphatic rings. The number of hydrogen-bond acceptors (Lipinski definition) is 8.